The fourth-order valence-corrected chi connectivity index (χ4v) is 1.29. The van der Waals surface area contributed by atoms with Crippen molar-refractivity contribution in [1.82, 2.24) is 5.32 Å². The lowest BCUT2D eigenvalue weighted by molar-refractivity contribution is -0.139. The largest absolute Gasteiger partial charge is 0.468 e. The molecule has 0 saturated heterocycles. The molecule has 0 aromatic carbocycles. The van der Waals surface area contributed by atoms with E-state index in [1.165, 1.54) is 7.11 Å². The molecule has 0 bridgehead atoms. The maximum absolute atomic E-state index is 11.0. The predicted octanol–water partition coefficient (Wildman–Crippen LogP) is 0.673. The first-order valence-corrected chi connectivity index (χ1v) is 5.42. The molecule has 1 atom stereocenters. The van der Waals surface area contributed by atoms with Gasteiger partial charge in [0.25, 0.3) is 0 Å². The van der Waals surface area contributed by atoms with Crippen molar-refractivity contribution in [1.29, 1.82) is 0 Å². The van der Waals surface area contributed by atoms with Crippen LogP contribution in [0, 0.1) is 0 Å². The van der Waals surface area contributed by atoms with Gasteiger partial charge in [-0.15, -0.1) is 0 Å². The van der Waals surface area contributed by atoms with E-state index >= 15 is 0 Å². The Morgan fingerprint density at radius 2 is 2.21 bits per heavy atom. The molecule has 0 aliphatic carbocycles. The summed E-state index contributed by atoms with van der Waals surface area (Å²) in [7, 11) is 1.36. The van der Waals surface area contributed by atoms with Crippen molar-refractivity contribution in [2.75, 3.05) is 20.3 Å². The molecule has 4 nitrogen and oxygen atoms in total. The molecule has 0 aromatic rings. The van der Waals surface area contributed by atoms with Crippen LogP contribution in [-0.2, 0) is 9.53 Å². The van der Waals surface area contributed by atoms with Crippen LogP contribution < -0.4 is 5.32 Å². The Labute approximate surface area is 93.1 Å². The van der Waals surface area contributed by atoms with Crippen molar-refractivity contribution in [3.05, 3.63) is 0 Å². The minimum atomic E-state index is -0.342. The highest BCUT2D eigenvalue weighted by Gasteiger charge is 2.21. The number of nitrogens with one attached hydrogen (secondary N) is 1. The number of alkyl halides is 1. The number of methoxy groups -OCH3 is 1. The fraction of sp³-hybridized carbons (Fsp3) is 0.889. The average molecular weight is 268 g/mol. The van der Waals surface area contributed by atoms with Gasteiger partial charge in [-0.05, 0) is 20.3 Å². The molecular weight excluding hydrogens is 250 g/mol. The Bertz CT molecular complexity index is 185. The quantitative estimate of drug-likeness (QED) is 0.549. The molecular formula is C9H18BrNO3. The van der Waals surface area contributed by atoms with Gasteiger partial charge in [0.15, 0.2) is 0 Å². The number of aliphatic hydroxyl groups is 1. The zero-order valence-corrected chi connectivity index (χ0v) is 10.4. The highest BCUT2D eigenvalue weighted by atomic mass is 79.9. The van der Waals surface area contributed by atoms with E-state index in [1.54, 1.807) is 0 Å². The van der Waals surface area contributed by atoms with Crippen LogP contribution in [0.5, 0.6) is 0 Å². The van der Waals surface area contributed by atoms with Gasteiger partial charge in [-0.2, -0.15) is 0 Å². The molecule has 0 rings (SSSR count). The van der Waals surface area contributed by atoms with E-state index in [-0.39, 0.29) is 22.9 Å². The van der Waals surface area contributed by atoms with Crippen molar-refractivity contribution in [2.45, 2.75) is 30.6 Å². The van der Waals surface area contributed by atoms with Gasteiger partial charge in [0.1, 0.15) is 4.83 Å². The molecule has 0 spiro atoms. The number of ether oxygens (including phenoxy) is 1. The summed E-state index contributed by atoms with van der Waals surface area (Å²) in [4.78, 5) is 10.7. The van der Waals surface area contributed by atoms with E-state index in [2.05, 4.69) is 26.0 Å². The molecule has 0 amide bonds. The summed E-state index contributed by atoms with van der Waals surface area (Å²) in [6.07, 6.45) is 0.647. The summed E-state index contributed by atoms with van der Waals surface area (Å²) in [5.74, 6) is -0.294. The van der Waals surface area contributed by atoms with Crippen LogP contribution in [0.3, 0.4) is 0 Å². The molecule has 0 aliphatic heterocycles. The monoisotopic (exact) mass is 267 g/mol. The second-order valence-electron chi connectivity index (χ2n) is 3.73. The van der Waals surface area contributed by atoms with Gasteiger partial charge >= 0.3 is 5.97 Å². The molecule has 5 heteroatoms. The summed E-state index contributed by atoms with van der Waals surface area (Å²) >= 11 is 3.21. The minimum Gasteiger partial charge on any atom is -0.468 e. The molecule has 84 valence electrons. The smallest absolute Gasteiger partial charge is 0.320 e. The highest BCUT2D eigenvalue weighted by molar-refractivity contribution is 9.10. The van der Waals surface area contributed by atoms with Crippen LogP contribution in [0.25, 0.3) is 0 Å². The Morgan fingerprint density at radius 1 is 1.64 bits per heavy atom. The maximum Gasteiger partial charge on any atom is 0.320 e. The standard InChI is InChI=1S/C9H18BrNO3/c1-9(2,4-5-12)11-6-7(10)8(13)14-3/h7,11-12H,4-6H2,1-3H3. The Balaban J connectivity index is 3.86. The molecule has 0 aliphatic rings. The summed E-state index contributed by atoms with van der Waals surface area (Å²) in [6.45, 7) is 4.56. The third-order valence-corrected chi connectivity index (χ3v) is 2.65. The van der Waals surface area contributed by atoms with Crippen LogP contribution in [0.2, 0.25) is 0 Å². The van der Waals surface area contributed by atoms with Crippen molar-refractivity contribution < 1.29 is 14.6 Å². The van der Waals surface area contributed by atoms with Crippen molar-refractivity contribution >= 4 is 21.9 Å². The molecule has 14 heavy (non-hydrogen) atoms. The number of rotatable bonds is 6. The van der Waals surface area contributed by atoms with Crippen molar-refractivity contribution in [3.8, 4) is 0 Å². The maximum atomic E-state index is 11.0. The molecule has 2 N–H and O–H groups in total. The lowest BCUT2D eigenvalue weighted by Crippen LogP contribution is -2.44. The first kappa shape index (κ1) is 13.9. The Kier molecular flexibility index (Phi) is 6.31. The van der Waals surface area contributed by atoms with Crippen LogP contribution in [0.1, 0.15) is 20.3 Å². The van der Waals surface area contributed by atoms with E-state index in [1.807, 2.05) is 13.8 Å². The first-order valence-electron chi connectivity index (χ1n) is 4.50. The molecule has 0 saturated carbocycles. The third kappa shape index (κ3) is 5.57. The van der Waals surface area contributed by atoms with Gasteiger partial charge in [0.05, 0.1) is 7.11 Å². The van der Waals surface area contributed by atoms with Gasteiger partial charge in [0, 0.05) is 18.7 Å². The topological polar surface area (TPSA) is 58.6 Å². The number of aliphatic hydroxyl groups excluding tert-OH is 1. The third-order valence-electron chi connectivity index (χ3n) is 1.95. The molecule has 0 fully saturated rings. The summed E-state index contributed by atoms with van der Waals surface area (Å²) < 4.78 is 4.56. The molecule has 0 aromatic heterocycles. The van der Waals surface area contributed by atoms with E-state index in [0.29, 0.717) is 13.0 Å². The average Bonchev–Trinajstić information content (AvgIpc) is 2.13. The summed E-state index contributed by atoms with van der Waals surface area (Å²) in [5, 5.41) is 11.9. The minimum absolute atomic E-state index is 0.130. The lowest BCUT2D eigenvalue weighted by Gasteiger charge is -2.26. The van der Waals surface area contributed by atoms with Crippen molar-refractivity contribution in [2.24, 2.45) is 0 Å². The Hall–Kier alpha value is -0.130. The van der Waals surface area contributed by atoms with E-state index in [4.69, 9.17) is 5.11 Å². The lowest BCUT2D eigenvalue weighted by atomic mass is 10.0. The molecule has 1 unspecified atom stereocenters. The SMILES string of the molecule is COC(=O)C(Br)CNC(C)(C)CCO. The number of carbonyl (C=O) groups is 1. The number of hydrogen-bond acceptors (Lipinski definition) is 4. The van der Waals surface area contributed by atoms with Gasteiger partial charge < -0.3 is 15.2 Å². The van der Waals surface area contributed by atoms with Crippen LogP contribution in [0.4, 0.5) is 0 Å². The van der Waals surface area contributed by atoms with Crippen LogP contribution in [0.15, 0.2) is 0 Å². The zero-order valence-electron chi connectivity index (χ0n) is 8.84. The second kappa shape index (κ2) is 6.37. The first-order chi connectivity index (χ1) is 6.43. The van der Waals surface area contributed by atoms with E-state index in [0.717, 1.165) is 0 Å². The molecule has 0 radical (unpaired) electrons. The number of esters is 1. The molecule has 0 heterocycles. The predicted molar refractivity (Wildman–Crippen MR) is 58.5 cm³/mol. The van der Waals surface area contributed by atoms with E-state index in [9.17, 15) is 4.79 Å². The summed E-state index contributed by atoms with van der Waals surface area (Å²) in [6, 6.07) is 0. The van der Waals surface area contributed by atoms with Crippen molar-refractivity contribution in [3.63, 3.8) is 0 Å². The van der Waals surface area contributed by atoms with Gasteiger partial charge in [-0.3, -0.25) is 4.79 Å². The second-order valence-corrected chi connectivity index (χ2v) is 4.83. The normalized spacial score (nSPS) is 13.8. The number of hydrogen-bond donors (Lipinski definition) is 2. The number of halogens is 1. The fourth-order valence-electron chi connectivity index (χ4n) is 0.945. The Morgan fingerprint density at radius 3 is 2.64 bits per heavy atom. The van der Waals surface area contributed by atoms with E-state index < -0.39 is 0 Å². The zero-order chi connectivity index (χ0) is 11.2. The van der Waals surface area contributed by atoms with Crippen LogP contribution in [-0.4, -0.2) is 41.7 Å². The highest BCUT2D eigenvalue weighted by Crippen LogP contribution is 2.09. The van der Waals surface area contributed by atoms with Crippen LogP contribution >= 0.6 is 15.9 Å². The van der Waals surface area contributed by atoms with Gasteiger partial charge in [-0.25, -0.2) is 0 Å². The van der Waals surface area contributed by atoms with Gasteiger partial charge in [0.2, 0.25) is 0 Å². The number of carbonyl (C=O) groups excluding carboxylic acids is 1. The van der Waals surface area contributed by atoms with Gasteiger partial charge in [-0.1, -0.05) is 15.9 Å². The summed E-state index contributed by atoms with van der Waals surface area (Å²) in [5.41, 5.74) is -0.172.